The summed E-state index contributed by atoms with van der Waals surface area (Å²) in [6.45, 7) is 0.259. The number of methoxy groups -OCH3 is 1. The standard InChI is InChI=1S/C11H10FN3O3/c1-18-10-3-2-8(6-9(10)12)7-14-5-4-11(13-14)15(16)17/h2-6H,7H2,1H3. The van der Waals surface area contributed by atoms with Crippen LogP contribution in [0, 0.1) is 15.9 Å². The van der Waals surface area contributed by atoms with Crippen molar-refractivity contribution in [1.29, 1.82) is 0 Å². The fourth-order valence-corrected chi connectivity index (χ4v) is 1.53. The van der Waals surface area contributed by atoms with Crippen LogP contribution in [0.4, 0.5) is 10.2 Å². The summed E-state index contributed by atoms with van der Waals surface area (Å²) in [4.78, 5) is 9.88. The van der Waals surface area contributed by atoms with Crippen LogP contribution in [0.3, 0.4) is 0 Å². The van der Waals surface area contributed by atoms with Crippen LogP contribution in [0.15, 0.2) is 30.5 Å². The lowest BCUT2D eigenvalue weighted by molar-refractivity contribution is -0.389. The van der Waals surface area contributed by atoms with E-state index in [-0.39, 0.29) is 18.1 Å². The van der Waals surface area contributed by atoms with Gasteiger partial charge in [-0.05, 0) is 22.6 Å². The monoisotopic (exact) mass is 251 g/mol. The van der Waals surface area contributed by atoms with Gasteiger partial charge < -0.3 is 14.9 Å². The zero-order valence-electron chi connectivity index (χ0n) is 9.54. The van der Waals surface area contributed by atoms with Crippen molar-refractivity contribution in [2.24, 2.45) is 0 Å². The fourth-order valence-electron chi connectivity index (χ4n) is 1.53. The van der Waals surface area contributed by atoms with Crippen LogP contribution in [-0.4, -0.2) is 21.8 Å². The van der Waals surface area contributed by atoms with Crippen LogP contribution in [0.5, 0.6) is 5.75 Å². The Labute approximate surface area is 102 Å². The number of ether oxygens (including phenoxy) is 1. The molecule has 0 N–H and O–H groups in total. The van der Waals surface area contributed by atoms with E-state index in [4.69, 9.17) is 4.74 Å². The summed E-state index contributed by atoms with van der Waals surface area (Å²) >= 11 is 0. The van der Waals surface area contributed by atoms with Crippen molar-refractivity contribution < 1.29 is 14.1 Å². The summed E-state index contributed by atoms with van der Waals surface area (Å²) in [7, 11) is 1.38. The molecule has 0 atom stereocenters. The lowest BCUT2D eigenvalue weighted by atomic mass is 10.2. The Morgan fingerprint density at radius 3 is 2.83 bits per heavy atom. The molecule has 0 aliphatic rings. The van der Waals surface area contributed by atoms with Crippen molar-refractivity contribution in [1.82, 2.24) is 9.78 Å². The van der Waals surface area contributed by atoms with Crippen molar-refractivity contribution in [2.45, 2.75) is 6.54 Å². The minimum Gasteiger partial charge on any atom is -0.494 e. The summed E-state index contributed by atoms with van der Waals surface area (Å²) < 4.78 is 19.6. The summed E-state index contributed by atoms with van der Waals surface area (Å²) in [6.07, 6.45) is 1.47. The molecule has 0 aliphatic carbocycles. The Kier molecular flexibility index (Phi) is 3.22. The van der Waals surface area contributed by atoms with Crippen molar-refractivity contribution in [3.63, 3.8) is 0 Å². The molecule has 1 heterocycles. The van der Waals surface area contributed by atoms with Gasteiger partial charge >= 0.3 is 5.82 Å². The van der Waals surface area contributed by atoms with E-state index in [9.17, 15) is 14.5 Å². The quantitative estimate of drug-likeness (QED) is 0.615. The third-order valence-electron chi connectivity index (χ3n) is 2.37. The molecule has 0 saturated carbocycles. The van der Waals surface area contributed by atoms with E-state index >= 15 is 0 Å². The van der Waals surface area contributed by atoms with E-state index < -0.39 is 10.7 Å². The summed E-state index contributed by atoms with van der Waals surface area (Å²) in [5.74, 6) is -0.550. The Balaban J connectivity index is 2.18. The van der Waals surface area contributed by atoms with Crippen LogP contribution >= 0.6 is 0 Å². The van der Waals surface area contributed by atoms with Gasteiger partial charge in [-0.25, -0.2) is 4.39 Å². The van der Waals surface area contributed by atoms with Crippen molar-refractivity contribution >= 4 is 5.82 Å². The van der Waals surface area contributed by atoms with Crippen LogP contribution < -0.4 is 4.74 Å². The first kappa shape index (κ1) is 12.0. The summed E-state index contributed by atoms with van der Waals surface area (Å²) in [6, 6.07) is 5.78. The summed E-state index contributed by atoms with van der Waals surface area (Å²) in [5.41, 5.74) is 0.645. The number of hydrogen-bond acceptors (Lipinski definition) is 4. The predicted molar refractivity (Wildman–Crippen MR) is 60.9 cm³/mol. The SMILES string of the molecule is COc1ccc(Cn2ccc([N+](=O)[O-])n2)cc1F. The molecule has 0 saturated heterocycles. The maximum Gasteiger partial charge on any atom is 0.389 e. The summed E-state index contributed by atoms with van der Waals surface area (Å²) in [5, 5.41) is 14.2. The Morgan fingerprint density at radius 2 is 2.28 bits per heavy atom. The van der Waals surface area contributed by atoms with Gasteiger partial charge in [-0.15, -0.1) is 0 Å². The highest BCUT2D eigenvalue weighted by Crippen LogP contribution is 2.18. The average Bonchev–Trinajstić information content (AvgIpc) is 2.78. The van der Waals surface area contributed by atoms with Gasteiger partial charge in [0.2, 0.25) is 0 Å². The normalized spacial score (nSPS) is 10.3. The first-order chi connectivity index (χ1) is 8.60. The van der Waals surface area contributed by atoms with Gasteiger partial charge in [0, 0.05) is 0 Å². The van der Waals surface area contributed by atoms with Gasteiger partial charge in [0.05, 0.1) is 31.0 Å². The van der Waals surface area contributed by atoms with E-state index in [1.165, 1.54) is 36.2 Å². The number of nitro groups is 1. The Hall–Kier alpha value is -2.44. The zero-order chi connectivity index (χ0) is 13.1. The lowest BCUT2D eigenvalue weighted by Gasteiger charge is -2.03. The molecule has 1 aromatic heterocycles. The van der Waals surface area contributed by atoms with Crippen LogP contribution in [0.25, 0.3) is 0 Å². The Bertz CT molecular complexity index is 583. The smallest absolute Gasteiger partial charge is 0.389 e. The maximum atomic E-state index is 13.4. The molecule has 7 heteroatoms. The van der Waals surface area contributed by atoms with Crippen molar-refractivity contribution in [2.75, 3.05) is 7.11 Å². The highest BCUT2D eigenvalue weighted by atomic mass is 19.1. The van der Waals surface area contributed by atoms with Crippen molar-refractivity contribution in [3.05, 3.63) is 52.0 Å². The van der Waals surface area contributed by atoms with E-state index in [0.29, 0.717) is 5.56 Å². The second kappa shape index (κ2) is 4.82. The number of rotatable bonds is 4. The van der Waals surface area contributed by atoms with Crippen LogP contribution in [-0.2, 0) is 6.54 Å². The minimum absolute atomic E-state index is 0.158. The van der Waals surface area contributed by atoms with E-state index in [2.05, 4.69) is 5.10 Å². The molecule has 0 fully saturated rings. The van der Waals surface area contributed by atoms with Gasteiger partial charge in [0.15, 0.2) is 11.6 Å². The third kappa shape index (κ3) is 2.45. The topological polar surface area (TPSA) is 70.2 Å². The number of hydrogen-bond donors (Lipinski definition) is 0. The first-order valence-corrected chi connectivity index (χ1v) is 5.10. The molecule has 94 valence electrons. The number of benzene rings is 1. The minimum atomic E-state index is -0.578. The predicted octanol–water partition coefficient (Wildman–Crippen LogP) is 1.99. The molecule has 0 aliphatic heterocycles. The number of halogens is 1. The van der Waals surface area contributed by atoms with Gasteiger partial charge in [0.25, 0.3) is 0 Å². The van der Waals surface area contributed by atoms with Crippen molar-refractivity contribution in [3.8, 4) is 5.75 Å². The Morgan fingerprint density at radius 1 is 1.50 bits per heavy atom. The number of nitrogens with zero attached hydrogens (tertiary/aromatic N) is 3. The number of aromatic nitrogens is 2. The van der Waals surface area contributed by atoms with E-state index in [1.807, 2.05) is 0 Å². The van der Waals surface area contributed by atoms with Gasteiger partial charge in [-0.3, -0.25) is 0 Å². The van der Waals surface area contributed by atoms with Crippen LogP contribution in [0.1, 0.15) is 5.56 Å². The largest absolute Gasteiger partial charge is 0.494 e. The molecule has 2 aromatic rings. The van der Waals surface area contributed by atoms with Gasteiger partial charge in [0.1, 0.15) is 0 Å². The van der Waals surface area contributed by atoms with Gasteiger partial charge in [-0.1, -0.05) is 6.07 Å². The second-order valence-corrected chi connectivity index (χ2v) is 3.60. The fraction of sp³-hybridized carbons (Fsp3) is 0.182. The molecule has 0 radical (unpaired) electrons. The molecule has 0 bridgehead atoms. The molecule has 1 aromatic carbocycles. The average molecular weight is 251 g/mol. The highest BCUT2D eigenvalue weighted by Gasteiger charge is 2.11. The molecular formula is C11H10FN3O3. The molecule has 0 spiro atoms. The molecule has 18 heavy (non-hydrogen) atoms. The highest BCUT2D eigenvalue weighted by molar-refractivity contribution is 5.29. The second-order valence-electron chi connectivity index (χ2n) is 3.60. The lowest BCUT2D eigenvalue weighted by Crippen LogP contribution is -2.02. The molecule has 6 nitrogen and oxygen atoms in total. The van der Waals surface area contributed by atoms with E-state index in [0.717, 1.165) is 0 Å². The third-order valence-corrected chi connectivity index (χ3v) is 2.37. The maximum absolute atomic E-state index is 13.4. The van der Waals surface area contributed by atoms with E-state index in [1.54, 1.807) is 6.07 Å². The molecule has 0 amide bonds. The van der Waals surface area contributed by atoms with Crippen LogP contribution in [0.2, 0.25) is 0 Å². The molecule has 2 rings (SSSR count). The zero-order valence-corrected chi connectivity index (χ0v) is 9.54. The molecular weight excluding hydrogens is 241 g/mol. The molecule has 0 unspecified atom stereocenters. The first-order valence-electron chi connectivity index (χ1n) is 5.10. The van der Waals surface area contributed by atoms with Gasteiger partial charge in [-0.2, -0.15) is 4.68 Å².